The van der Waals surface area contributed by atoms with Gasteiger partial charge < -0.3 is 4.42 Å². The summed E-state index contributed by atoms with van der Waals surface area (Å²) in [5.74, 6) is 0.360. The van der Waals surface area contributed by atoms with Crippen LogP contribution in [-0.2, 0) is 15.3 Å². The molecule has 5 heteroatoms. The first-order valence-corrected chi connectivity index (χ1v) is 12.3. The molecule has 1 aliphatic rings. The lowest BCUT2D eigenvalue weighted by molar-refractivity contribution is 0.580. The van der Waals surface area contributed by atoms with E-state index in [4.69, 9.17) is 4.42 Å². The maximum Gasteiger partial charge on any atom is 0.225 e. The van der Waals surface area contributed by atoms with Gasteiger partial charge in [-0.15, -0.1) is 0 Å². The molecule has 1 aliphatic heterocycles. The highest BCUT2D eigenvalue weighted by atomic mass is 32.2. The number of benzene rings is 3. The third kappa shape index (κ3) is 2.91. The molecular weight excluding hydrogens is 418 g/mol. The number of rotatable bonds is 1. The lowest BCUT2D eigenvalue weighted by Crippen LogP contribution is -2.23. The van der Waals surface area contributed by atoms with E-state index in [1.807, 2.05) is 42.2 Å². The van der Waals surface area contributed by atoms with Crippen molar-refractivity contribution in [2.24, 2.45) is 0 Å². The molecule has 0 saturated carbocycles. The highest BCUT2D eigenvalue weighted by Crippen LogP contribution is 2.53. The maximum absolute atomic E-state index is 13.7. The molecule has 32 heavy (non-hydrogen) atoms. The Bertz CT molecular complexity index is 1480. The first-order chi connectivity index (χ1) is 15.0. The SMILES string of the molecule is Cc1ccc2oc3c(c2c1)S(=O)(=O)c1ccccc1N3c1c(C)cc(C(C)(C)C)cc1C. The molecule has 0 amide bonds. The Morgan fingerprint density at radius 1 is 0.875 bits per heavy atom. The molecule has 2 heterocycles. The van der Waals surface area contributed by atoms with Gasteiger partial charge in [-0.25, -0.2) is 8.42 Å². The van der Waals surface area contributed by atoms with Crippen LogP contribution >= 0.6 is 0 Å². The van der Waals surface area contributed by atoms with Gasteiger partial charge in [-0.05, 0) is 67.1 Å². The Morgan fingerprint density at radius 3 is 2.19 bits per heavy atom. The van der Waals surface area contributed by atoms with Gasteiger partial charge in [0.1, 0.15) is 10.5 Å². The topological polar surface area (TPSA) is 50.5 Å². The Labute approximate surface area is 189 Å². The second-order valence-electron chi connectivity index (χ2n) is 9.75. The molecule has 0 bridgehead atoms. The number of sulfone groups is 1. The molecule has 5 rings (SSSR count). The summed E-state index contributed by atoms with van der Waals surface area (Å²) < 4.78 is 33.7. The van der Waals surface area contributed by atoms with Gasteiger partial charge in [0.25, 0.3) is 0 Å². The summed E-state index contributed by atoms with van der Waals surface area (Å²) in [5.41, 5.74) is 6.54. The van der Waals surface area contributed by atoms with Crippen LogP contribution in [0.4, 0.5) is 17.3 Å². The largest absolute Gasteiger partial charge is 0.438 e. The third-order valence-electron chi connectivity index (χ3n) is 6.23. The summed E-state index contributed by atoms with van der Waals surface area (Å²) in [6.07, 6.45) is 0. The highest BCUT2D eigenvalue weighted by molar-refractivity contribution is 7.92. The quantitative estimate of drug-likeness (QED) is 0.272. The lowest BCUT2D eigenvalue weighted by atomic mass is 9.84. The van der Waals surface area contributed by atoms with Crippen LogP contribution in [0.5, 0.6) is 0 Å². The lowest BCUT2D eigenvalue weighted by Gasteiger charge is -2.32. The van der Waals surface area contributed by atoms with Gasteiger partial charge in [-0.3, -0.25) is 4.90 Å². The second kappa shape index (κ2) is 6.72. The van der Waals surface area contributed by atoms with Crippen LogP contribution in [-0.4, -0.2) is 8.42 Å². The zero-order valence-corrected chi connectivity index (χ0v) is 20.1. The zero-order valence-electron chi connectivity index (χ0n) is 19.3. The van der Waals surface area contributed by atoms with Crippen molar-refractivity contribution in [3.05, 3.63) is 76.9 Å². The van der Waals surface area contributed by atoms with E-state index in [0.717, 1.165) is 22.4 Å². The van der Waals surface area contributed by atoms with Gasteiger partial charge in [0.05, 0.1) is 16.3 Å². The van der Waals surface area contributed by atoms with Gasteiger partial charge in [0, 0.05) is 5.39 Å². The van der Waals surface area contributed by atoms with Crippen LogP contribution in [0.3, 0.4) is 0 Å². The number of fused-ring (bicyclic) bond motifs is 4. The number of aryl methyl sites for hydroxylation is 3. The fourth-order valence-corrected chi connectivity index (χ4v) is 6.36. The standard InChI is InChI=1S/C27H27NO3S/c1-16-11-12-22-20(13-16)25-26(31-22)28(21-9-7-8-10-23(21)32(25,29)30)24-17(2)14-19(15-18(24)3)27(4,5)6/h7-15H,1-6H3. The minimum absolute atomic E-state index is 0.0131. The van der Waals surface area contributed by atoms with Crippen molar-refractivity contribution >= 4 is 38.1 Å². The van der Waals surface area contributed by atoms with Crippen LogP contribution in [0.1, 0.15) is 43.0 Å². The van der Waals surface area contributed by atoms with Crippen LogP contribution in [0.2, 0.25) is 0 Å². The molecule has 0 N–H and O–H groups in total. The van der Waals surface area contributed by atoms with Crippen LogP contribution in [0.25, 0.3) is 11.0 Å². The molecule has 164 valence electrons. The van der Waals surface area contributed by atoms with E-state index in [9.17, 15) is 8.42 Å². The first-order valence-electron chi connectivity index (χ1n) is 10.8. The molecule has 4 aromatic rings. The minimum Gasteiger partial charge on any atom is -0.438 e. The van der Waals surface area contributed by atoms with Crippen molar-refractivity contribution in [1.82, 2.24) is 0 Å². The summed E-state index contributed by atoms with van der Waals surface area (Å²) in [4.78, 5) is 2.53. The Morgan fingerprint density at radius 2 is 1.53 bits per heavy atom. The van der Waals surface area contributed by atoms with Gasteiger partial charge in [-0.2, -0.15) is 0 Å². The van der Waals surface area contributed by atoms with Gasteiger partial charge in [0.2, 0.25) is 15.7 Å². The molecule has 0 aliphatic carbocycles. The van der Waals surface area contributed by atoms with E-state index in [1.54, 1.807) is 12.1 Å². The predicted molar refractivity (Wildman–Crippen MR) is 129 cm³/mol. The number of furan rings is 1. The summed E-state index contributed by atoms with van der Waals surface area (Å²) >= 11 is 0. The minimum atomic E-state index is -3.73. The molecule has 3 aromatic carbocycles. The number of nitrogens with zero attached hydrogens (tertiary/aromatic N) is 1. The second-order valence-corrected chi connectivity index (χ2v) is 11.6. The van der Waals surface area contributed by atoms with Gasteiger partial charge in [-0.1, -0.05) is 56.7 Å². The Balaban J connectivity index is 1.89. The fraction of sp³-hybridized carbons (Fsp3) is 0.259. The summed E-state index contributed by atoms with van der Waals surface area (Å²) in [6, 6.07) is 17.3. The third-order valence-corrected chi connectivity index (χ3v) is 8.08. The molecule has 0 fully saturated rings. The number of para-hydroxylation sites is 1. The average Bonchev–Trinajstić information content (AvgIpc) is 3.08. The van der Waals surface area contributed by atoms with E-state index >= 15 is 0 Å². The molecule has 0 atom stereocenters. The van der Waals surface area contributed by atoms with E-state index in [2.05, 4.69) is 46.8 Å². The average molecular weight is 446 g/mol. The Hall–Kier alpha value is -3.05. The van der Waals surface area contributed by atoms with Crippen molar-refractivity contribution < 1.29 is 12.8 Å². The summed E-state index contributed by atoms with van der Waals surface area (Å²) in [7, 11) is -3.73. The van der Waals surface area contributed by atoms with Crippen molar-refractivity contribution in [3.63, 3.8) is 0 Å². The van der Waals surface area contributed by atoms with Gasteiger partial charge in [0.15, 0.2) is 0 Å². The Kier molecular flexibility index (Phi) is 4.38. The normalized spacial score (nSPS) is 15.0. The van der Waals surface area contributed by atoms with Gasteiger partial charge >= 0.3 is 0 Å². The first kappa shape index (κ1) is 20.8. The molecule has 0 radical (unpaired) electrons. The van der Waals surface area contributed by atoms with Crippen molar-refractivity contribution in [2.75, 3.05) is 4.90 Å². The van der Waals surface area contributed by atoms with Crippen LogP contribution in [0.15, 0.2) is 68.8 Å². The number of hydrogen-bond donors (Lipinski definition) is 0. The fourth-order valence-electron chi connectivity index (χ4n) is 4.63. The van der Waals surface area contributed by atoms with Crippen LogP contribution in [0, 0.1) is 20.8 Å². The van der Waals surface area contributed by atoms with Crippen molar-refractivity contribution in [1.29, 1.82) is 0 Å². The molecular formula is C27H27NO3S. The van der Waals surface area contributed by atoms with Crippen molar-refractivity contribution in [2.45, 2.75) is 56.7 Å². The summed E-state index contributed by atoms with van der Waals surface area (Å²) in [6.45, 7) is 12.7. The number of hydrogen-bond acceptors (Lipinski definition) is 4. The maximum atomic E-state index is 13.7. The molecule has 0 saturated heterocycles. The smallest absolute Gasteiger partial charge is 0.225 e. The number of anilines is 3. The monoisotopic (exact) mass is 445 g/mol. The molecule has 0 spiro atoms. The highest BCUT2D eigenvalue weighted by Gasteiger charge is 2.40. The summed E-state index contributed by atoms with van der Waals surface area (Å²) in [5, 5.41) is 0.626. The molecule has 0 unspecified atom stereocenters. The molecule has 4 nitrogen and oxygen atoms in total. The van der Waals surface area contributed by atoms with E-state index in [-0.39, 0.29) is 10.3 Å². The van der Waals surface area contributed by atoms with Crippen molar-refractivity contribution in [3.8, 4) is 0 Å². The van der Waals surface area contributed by atoms with E-state index in [1.165, 1.54) is 5.56 Å². The predicted octanol–water partition coefficient (Wildman–Crippen LogP) is 7.27. The molecule has 1 aromatic heterocycles. The van der Waals surface area contributed by atoms with E-state index in [0.29, 0.717) is 27.4 Å². The zero-order chi connectivity index (χ0) is 23.0. The van der Waals surface area contributed by atoms with E-state index < -0.39 is 9.84 Å². The van der Waals surface area contributed by atoms with Crippen LogP contribution < -0.4 is 4.90 Å².